The van der Waals surface area contributed by atoms with E-state index in [9.17, 15) is 4.79 Å². The van der Waals surface area contributed by atoms with Crippen LogP contribution in [0, 0.1) is 6.92 Å². The minimum Gasteiger partial charge on any atom is -0.342 e. The molecule has 1 aliphatic rings. The Morgan fingerprint density at radius 1 is 1.35 bits per heavy atom. The zero-order chi connectivity index (χ0) is 16.4. The third kappa shape index (κ3) is 3.98. The van der Waals surface area contributed by atoms with Crippen LogP contribution in [0.25, 0.3) is 0 Å². The Labute approximate surface area is 145 Å². The van der Waals surface area contributed by atoms with E-state index in [0.29, 0.717) is 18.3 Å². The number of carbonyl (C=O) groups excluding carboxylic acids is 1. The van der Waals surface area contributed by atoms with Crippen LogP contribution < -0.4 is 0 Å². The summed E-state index contributed by atoms with van der Waals surface area (Å²) in [5.74, 6) is 1.05. The van der Waals surface area contributed by atoms with Gasteiger partial charge in [-0.05, 0) is 25.7 Å². The first-order chi connectivity index (χ1) is 11.0. The second-order valence-electron chi connectivity index (χ2n) is 6.48. The number of carbonyl (C=O) groups is 1. The predicted octanol–water partition coefficient (Wildman–Crippen LogP) is 3.98. The molecular formula is C17H23N3OS2. The highest BCUT2D eigenvalue weighted by Gasteiger charge is 2.27. The summed E-state index contributed by atoms with van der Waals surface area (Å²) in [6.45, 7) is 7.98. The molecule has 1 unspecified atom stereocenters. The van der Waals surface area contributed by atoms with Gasteiger partial charge in [0.15, 0.2) is 0 Å². The van der Waals surface area contributed by atoms with Crippen molar-refractivity contribution < 1.29 is 4.79 Å². The fourth-order valence-electron chi connectivity index (χ4n) is 2.91. The Morgan fingerprint density at radius 2 is 2.17 bits per heavy atom. The molecule has 0 aliphatic carbocycles. The summed E-state index contributed by atoms with van der Waals surface area (Å²) in [5, 5.41) is 6.37. The fraction of sp³-hybridized carbons (Fsp3) is 0.588. The predicted molar refractivity (Wildman–Crippen MR) is 95.3 cm³/mol. The standard InChI is InChI=1S/C17H23N3OS2/c1-11(2)15-10-23-17(19-15)13-5-4-6-20(8-13)16(21)7-14-9-22-12(3)18-14/h9-11,13H,4-8H2,1-3H3. The largest absolute Gasteiger partial charge is 0.342 e. The van der Waals surface area contributed by atoms with Gasteiger partial charge >= 0.3 is 0 Å². The molecule has 3 heterocycles. The Bertz CT molecular complexity index is 677. The number of nitrogens with zero attached hydrogens (tertiary/aromatic N) is 3. The van der Waals surface area contributed by atoms with Crippen molar-refractivity contribution >= 4 is 28.6 Å². The lowest BCUT2D eigenvalue weighted by atomic mass is 9.98. The zero-order valence-electron chi connectivity index (χ0n) is 13.9. The van der Waals surface area contributed by atoms with E-state index in [-0.39, 0.29) is 5.91 Å². The van der Waals surface area contributed by atoms with E-state index < -0.39 is 0 Å². The summed E-state index contributed by atoms with van der Waals surface area (Å²) in [4.78, 5) is 23.7. The summed E-state index contributed by atoms with van der Waals surface area (Å²) in [6, 6.07) is 0. The quantitative estimate of drug-likeness (QED) is 0.839. The van der Waals surface area contributed by atoms with Crippen LogP contribution in [0.5, 0.6) is 0 Å². The number of aromatic nitrogens is 2. The van der Waals surface area contributed by atoms with E-state index in [1.807, 2.05) is 17.2 Å². The van der Waals surface area contributed by atoms with Gasteiger partial charge in [-0.25, -0.2) is 9.97 Å². The minimum atomic E-state index is 0.195. The van der Waals surface area contributed by atoms with Crippen molar-refractivity contribution in [3.05, 3.63) is 32.2 Å². The third-order valence-electron chi connectivity index (χ3n) is 4.25. The van der Waals surface area contributed by atoms with Crippen molar-refractivity contribution in [2.24, 2.45) is 0 Å². The second kappa shape index (κ2) is 7.09. The van der Waals surface area contributed by atoms with Crippen molar-refractivity contribution in [2.75, 3.05) is 13.1 Å². The molecule has 1 fully saturated rings. The maximum atomic E-state index is 12.5. The van der Waals surface area contributed by atoms with Gasteiger partial charge in [-0.15, -0.1) is 22.7 Å². The molecule has 6 heteroatoms. The lowest BCUT2D eigenvalue weighted by Gasteiger charge is -2.31. The van der Waals surface area contributed by atoms with Crippen LogP contribution in [0.4, 0.5) is 0 Å². The Balaban J connectivity index is 1.64. The summed E-state index contributed by atoms with van der Waals surface area (Å²) < 4.78 is 0. The second-order valence-corrected chi connectivity index (χ2v) is 8.43. The van der Waals surface area contributed by atoms with E-state index in [1.54, 1.807) is 22.7 Å². The molecule has 2 aromatic rings. The normalized spacial score (nSPS) is 18.6. The highest BCUT2D eigenvalue weighted by atomic mass is 32.1. The fourth-order valence-corrected chi connectivity index (χ4v) is 4.64. The van der Waals surface area contributed by atoms with Gasteiger partial charge in [0.05, 0.1) is 27.8 Å². The highest BCUT2D eigenvalue weighted by Crippen LogP contribution is 2.31. The first kappa shape index (κ1) is 16.6. The first-order valence-corrected chi connectivity index (χ1v) is 9.93. The van der Waals surface area contributed by atoms with Crippen LogP contribution >= 0.6 is 22.7 Å². The molecule has 23 heavy (non-hydrogen) atoms. The minimum absolute atomic E-state index is 0.195. The summed E-state index contributed by atoms with van der Waals surface area (Å²) in [6.07, 6.45) is 2.61. The molecule has 0 spiro atoms. The van der Waals surface area contributed by atoms with Gasteiger partial charge < -0.3 is 4.90 Å². The van der Waals surface area contributed by atoms with Gasteiger partial charge in [0.2, 0.25) is 5.91 Å². The van der Waals surface area contributed by atoms with Crippen molar-refractivity contribution in [3.63, 3.8) is 0 Å². The van der Waals surface area contributed by atoms with E-state index in [2.05, 4.69) is 24.2 Å². The van der Waals surface area contributed by atoms with Crippen LogP contribution in [0.1, 0.15) is 59.9 Å². The number of hydrogen-bond acceptors (Lipinski definition) is 5. The lowest BCUT2D eigenvalue weighted by molar-refractivity contribution is -0.131. The maximum Gasteiger partial charge on any atom is 0.228 e. The average Bonchev–Trinajstić information content (AvgIpc) is 3.17. The van der Waals surface area contributed by atoms with Gasteiger partial charge in [0.1, 0.15) is 0 Å². The van der Waals surface area contributed by atoms with E-state index in [0.717, 1.165) is 36.6 Å². The Kier molecular flexibility index (Phi) is 5.11. The molecule has 2 aromatic heterocycles. The number of amides is 1. The molecular weight excluding hydrogens is 326 g/mol. The number of hydrogen-bond donors (Lipinski definition) is 0. The summed E-state index contributed by atoms with van der Waals surface area (Å²) >= 11 is 3.35. The van der Waals surface area contributed by atoms with Gasteiger partial charge in [-0.2, -0.15) is 0 Å². The molecule has 0 bridgehead atoms. The number of piperidine rings is 1. The van der Waals surface area contributed by atoms with Crippen LogP contribution in [0.15, 0.2) is 10.8 Å². The SMILES string of the molecule is Cc1nc(CC(=O)N2CCCC(c3nc(C(C)C)cs3)C2)cs1. The maximum absolute atomic E-state index is 12.5. The number of likely N-dealkylation sites (tertiary alicyclic amines) is 1. The molecule has 1 atom stereocenters. The van der Waals surface area contributed by atoms with E-state index >= 15 is 0 Å². The monoisotopic (exact) mass is 349 g/mol. The number of rotatable bonds is 4. The van der Waals surface area contributed by atoms with E-state index in [4.69, 9.17) is 4.98 Å². The molecule has 1 saturated heterocycles. The molecule has 3 rings (SSSR count). The van der Waals surface area contributed by atoms with Gasteiger partial charge in [0, 0.05) is 29.8 Å². The molecule has 0 saturated carbocycles. The topological polar surface area (TPSA) is 46.1 Å². The average molecular weight is 350 g/mol. The Morgan fingerprint density at radius 3 is 2.83 bits per heavy atom. The molecule has 0 radical (unpaired) electrons. The molecule has 0 aromatic carbocycles. The first-order valence-electron chi connectivity index (χ1n) is 8.17. The lowest BCUT2D eigenvalue weighted by Crippen LogP contribution is -2.40. The smallest absolute Gasteiger partial charge is 0.228 e. The van der Waals surface area contributed by atoms with Crippen molar-refractivity contribution in [1.29, 1.82) is 0 Å². The molecule has 1 amide bonds. The summed E-state index contributed by atoms with van der Waals surface area (Å²) in [5.41, 5.74) is 2.07. The number of aryl methyl sites for hydroxylation is 1. The summed E-state index contributed by atoms with van der Waals surface area (Å²) in [7, 11) is 0. The van der Waals surface area contributed by atoms with Crippen LogP contribution in [-0.2, 0) is 11.2 Å². The van der Waals surface area contributed by atoms with Gasteiger partial charge in [-0.1, -0.05) is 13.8 Å². The Hall–Kier alpha value is -1.27. The van der Waals surface area contributed by atoms with Crippen LogP contribution in [-0.4, -0.2) is 33.9 Å². The van der Waals surface area contributed by atoms with Crippen molar-refractivity contribution in [2.45, 2.75) is 51.9 Å². The van der Waals surface area contributed by atoms with Crippen LogP contribution in [0.2, 0.25) is 0 Å². The third-order valence-corrected chi connectivity index (χ3v) is 6.10. The van der Waals surface area contributed by atoms with Crippen molar-refractivity contribution in [3.8, 4) is 0 Å². The molecule has 4 nitrogen and oxygen atoms in total. The molecule has 1 aliphatic heterocycles. The van der Waals surface area contributed by atoms with Gasteiger partial charge in [-0.3, -0.25) is 4.79 Å². The van der Waals surface area contributed by atoms with Crippen LogP contribution in [0.3, 0.4) is 0 Å². The van der Waals surface area contributed by atoms with Gasteiger partial charge in [0.25, 0.3) is 0 Å². The molecule has 124 valence electrons. The number of thiazole rings is 2. The highest BCUT2D eigenvalue weighted by molar-refractivity contribution is 7.10. The van der Waals surface area contributed by atoms with E-state index in [1.165, 1.54) is 10.7 Å². The molecule has 0 N–H and O–H groups in total. The zero-order valence-corrected chi connectivity index (χ0v) is 15.5. The van der Waals surface area contributed by atoms with Crippen molar-refractivity contribution in [1.82, 2.24) is 14.9 Å².